The van der Waals surface area contributed by atoms with Crippen LogP contribution in [-0.2, 0) is 13.1 Å². The van der Waals surface area contributed by atoms with Crippen molar-refractivity contribution in [2.24, 2.45) is 0 Å². The molecule has 0 unspecified atom stereocenters. The molecule has 0 aliphatic heterocycles. The maximum absolute atomic E-state index is 11.6. The molecular weight excluding hydrogens is 421 g/mol. The van der Waals surface area contributed by atoms with E-state index >= 15 is 0 Å². The van der Waals surface area contributed by atoms with Crippen molar-refractivity contribution in [1.29, 1.82) is 0 Å². The number of hydrogen-bond acceptors (Lipinski definition) is 5. The van der Waals surface area contributed by atoms with Crippen molar-refractivity contribution in [3.8, 4) is 0 Å². The summed E-state index contributed by atoms with van der Waals surface area (Å²) in [5.41, 5.74) is 4.20. The van der Waals surface area contributed by atoms with Gasteiger partial charge in [0.1, 0.15) is 5.82 Å². The SMILES string of the molecule is CC(=O)c1cccc(NCc2cnc3ccc(NCc4ccc(Cl)c(Cl)c4)nn23)c1. The standard InChI is InChI=1S/C22H19Cl2N5O/c1-14(30)16-3-2-4-17(10-16)25-12-18-13-27-22-8-7-21(28-29(18)22)26-11-15-5-6-19(23)20(24)9-15/h2-10,13,25H,11-12H2,1H3,(H,26,28). The quantitative estimate of drug-likeness (QED) is 0.374. The molecule has 152 valence electrons. The van der Waals surface area contributed by atoms with Crippen LogP contribution in [0.2, 0.25) is 10.0 Å². The van der Waals surface area contributed by atoms with Crippen LogP contribution >= 0.6 is 23.2 Å². The minimum Gasteiger partial charge on any atom is -0.379 e. The summed E-state index contributed by atoms with van der Waals surface area (Å²) in [4.78, 5) is 16.0. The number of fused-ring (bicyclic) bond motifs is 1. The summed E-state index contributed by atoms with van der Waals surface area (Å²) in [5, 5.41) is 12.3. The number of imidazole rings is 1. The first-order valence-electron chi connectivity index (χ1n) is 9.36. The zero-order valence-electron chi connectivity index (χ0n) is 16.2. The van der Waals surface area contributed by atoms with Crippen LogP contribution in [0.15, 0.2) is 60.8 Å². The molecule has 2 aromatic heterocycles. The predicted octanol–water partition coefficient (Wildman–Crippen LogP) is 5.46. The normalized spacial score (nSPS) is 10.9. The van der Waals surface area contributed by atoms with Crippen LogP contribution in [-0.4, -0.2) is 20.4 Å². The van der Waals surface area contributed by atoms with Gasteiger partial charge in [0, 0.05) is 17.8 Å². The van der Waals surface area contributed by atoms with E-state index in [1.807, 2.05) is 42.5 Å². The average molecular weight is 440 g/mol. The topological polar surface area (TPSA) is 71.3 Å². The molecule has 2 aromatic carbocycles. The third kappa shape index (κ3) is 4.56. The summed E-state index contributed by atoms with van der Waals surface area (Å²) >= 11 is 12.0. The Bertz CT molecular complexity index is 1220. The van der Waals surface area contributed by atoms with E-state index in [2.05, 4.69) is 20.7 Å². The number of carbonyl (C=O) groups excluding carboxylic acids is 1. The molecule has 8 heteroatoms. The second kappa shape index (κ2) is 8.73. The van der Waals surface area contributed by atoms with Crippen molar-refractivity contribution in [1.82, 2.24) is 14.6 Å². The summed E-state index contributed by atoms with van der Waals surface area (Å²) in [7, 11) is 0. The summed E-state index contributed by atoms with van der Waals surface area (Å²) in [6, 6.07) is 16.7. The van der Waals surface area contributed by atoms with Crippen LogP contribution in [0.5, 0.6) is 0 Å². The van der Waals surface area contributed by atoms with E-state index in [1.165, 1.54) is 0 Å². The highest BCUT2D eigenvalue weighted by Gasteiger charge is 2.07. The second-order valence-electron chi connectivity index (χ2n) is 6.83. The van der Waals surface area contributed by atoms with Crippen LogP contribution in [0.25, 0.3) is 5.65 Å². The van der Waals surface area contributed by atoms with Gasteiger partial charge in [-0.05, 0) is 48.9 Å². The smallest absolute Gasteiger partial charge is 0.159 e. The fraction of sp³-hybridized carbons (Fsp3) is 0.136. The number of ketones is 1. The molecule has 4 rings (SSSR count). The number of Topliss-reactive ketones (excluding diaryl/α,β-unsaturated/α-hetero) is 1. The highest BCUT2D eigenvalue weighted by atomic mass is 35.5. The molecule has 0 radical (unpaired) electrons. The molecule has 4 aromatic rings. The molecule has 0 amide bonds. The Morgan fingerprint density at radius 2 is 1.87 bits per heavy atom. The number of hydrogen-bond donors (Lipinski definition) is 2. The Morgan fingerprint density at radius 1 is 1.00 bits per heavy atom. The number of rotatable bonds is 7. The van der Waals surface area contributed by atoms with E-state index in [4.69, 9.17) is 23.2 Å². The lowest BCUT2D eigenvalue weighted by Crippen LogP contribution is -2.08. The first kappa shape index (κ1) is 20.2. The van der Waals surface area contributed by atoms with Crippen LogP contribution in [0.1, 0.15) is 28.5 Å². The lowest BCUT2D eigenvalue weighted by molar-refractivity contribution is 0.101. The largest absolute Gasteiger partial charge is 0.379 e. The van der Waals surface area contributed by atoms with E-state index in [1.54, 1.807) is 29.8 Å². The Hall–Kier alpha value is -3.09. The first-order valence-corrected chi connectivity index (χ1v) is 10.1. The lowest BCUT2D eigenvalue weighted by Gasteiger charge is -2.09. The molecule has 6 nitrogen and oxygen atoms in total. The van der Waals surface area contributed by atoms with Crippen LogP contribution in [0, 0.1) is 0 Å². The third-order valence-corrected chi connectivity index (χ3v) is 5.37. The number of carbonyl (C=O) groups is 1. The fourth-order valence-corrected chi connectivity index (χ4v) is 3.34. The number of nitrogens with zero attached hydrogens (tertiary/aromatic N) is 3. The van der Waals surface area contributed by atoms with Gasteiger partial charge >= 0.3 is 0 Å². The maximum atomic E-state index is 11.6. The Kier molecular flexibility index (Phi) is 5.88. The Labute approximate surface area is 183 Å². The van der Waals surface area contributed by atoms with Crippen molar-refractivity contribution in [3.63, 3.8) is 0 Å². The fourth-order valence-electron chi connectivity index (χ4n) is 3.02. The number of nitrogens with one attached hydrogen (secondary N) is 2. The van der Waals surface area contributed by atoms with Crippen LogP contribution < -0.4 is 10.6 Å². The highest BCUT2D eigenvalue weighted by molar-refractivity contribution is 6.42. The van der Waals surface area contributed by atoms with Gasteiger partial charge < -0.3 is 10.6 Å². The van der Waals surface area contributed by atoms with E-state index < -0.39 is 0 Å². The van der Waals surface area contributed by atoms with Gasteiger partial charge in [0.05, 0.1) is 28.5 Å². The molecule has 0 aliphatic carbocycles. The zero-order valence-corrected chi connectivity index (χ0v) is 17.7. The molecule has 0 saturated carbocycles. The van der Waals surface area contributed by atoms with Gasteiger partial charge in [-0.1, -0.05) is 41.4 Å². The molecule has 2 N–H and O–H groups in total. The summed E-state index contributed by atoms with van der Waals surface area (Å²) in [6.45, 7) is 2.64. The van der Waals surface area contributed by atoms with Gasteiger partial charge in [0.15, 0.2) is 11.4 Å². The van der Waals surface area contributed by atoms with Gasteiger partial charge in [-0.15, -0.1) is 5.10 Å². The Morgan fingerprint density at radius 3 is 2.67 bits per heavy atom. The van der Waals surface area contributed by atoms with E-state index in [9.17, 15) is 4.79 Å². The predicted molar refractivity (Wildman–Crippen MR) is 121 cm³/mol. The van der Waals surface area contributed by atoms with Crippen molar-refractivity contribution in [2.75, 3.05) is 10.6 Å². The third-order valence-electron chi connectivity index (χ3n) is 4.63. The monoisotopic (exact) mass is 439 g/mol. The molecule has 0 aliphatic rings. The molecule has 0 fully saturated rings. The minimum absolute atomic E-state index is 0.0350. The summed E-state index contributed by atoms with van der Waals surface area (Å²) in [5.74, 6) is 0.749. The van der Waals surface area contributed by atoms with Gasteiger partial charge in [-0.2, -0.15) is 0 Å². The molecule has 0 bridgehead atoms. The molecule has 0 saturated heterocycles. The summed E-state index contributed by atoms with van der Waals surface area (Å²) in [6.07, 6.45) is 1.78. The zero-order chi connectivity index (χ0) is 21.1. The van der Waals surface area contributed by atoms with Crippen molar-refractivity contribution in [3.05, 3.63) is 87.7 Å². The number of benzene rings is 2. The number of anilines is 2. The van der Waals surface area contributed by atoms with Gasteiger partial charge in [0.25, 0.3) is 0 Å². The second-order valence-corrected chi connectivity index (χ2v) is 7.65. The lowest BCUT2D eigenvalue weighted by atomic mass is 10.1. The molecule has 0 spiro atoms. The molecule has 30 heavy (non-hydrogen) atoms. The Balaban J connectivity index is 1.47. The maximum Gasteiger partial charge on any atom is 0.159 e. The first-order chi connectivity index (χ1) is 14.5. The van der Waals surface area contributed by atoms with Gasteiger partial charge in [-0.3, -0.25) is 4.79 Å². The molecule has 2 heterocycles. The van der Waals surface area contributed by atoms with E-state index in [-0.39, 0.29) is 5.78 Å². The molecular formula is C22H19Cl2N5O. The van der Waals surface area contributed by atoms with Crippen LogP contribution in [0.3, 0.4) is 0 Å². The van der Waals surface area contributed by atoms with Crippen molar-refractivity contribution in [2.45, 2.75) is 20.0 Å². The number of halogens is 2. The van der Waals surface area contributed by atoms with Crippen molar-refractivity contribution >= 4 is 46.1 Å². The van der Waals surface area contributed by atoms with Gasteiger partial charge in [-0.25, -0.2) is 9.50 Å². The van der Waals surface area contributed by atoms with E-state index in [0.717, 1.165) is 22.6 Å². The molecule has 0 atom stereocenters. The van der Waals surface area contributed by atoms with Crippen molar-refractivity contribution < 1.29 is 4.79 Å². The van der Waals surface area contributed by atoms with Crippen LogP contribution in [0.4, 0.5) is 11.5 Å². The number of aromatic nitrogens is 3. The average Bonchev–Trinajstić information content (AvgIpc) is 3.15. The summed E-state index contributed by atoms with van der Waals surface area (Å²) < 4.78 is 1.79. The van der Waals surface area contributed by atoms with E-state index in [0.29, 0.717) is 34.5 Å². The van der Waals surface area contributed by atoms with Gasteiger partial charge in [0.2, 0.25) is 0 Å². The highest BCUT2D eigenvalue weighted by Crippen LogP contribution is 2.23. The minimum atomic E-state index is 0.0350.